The van der Waals surface area contributed by atoms with Gasteiger partial charge in [-0.25, -0.2) is 4.98 Å². The number of thiazole rings is 1. The molecule has 2 amide bonds. The molecule has 0 spiro atoms. The number of aliphatic hydroxyl groups excluding tert-OH is 1. The smallest absolute Gasteiger partial charge is 0.252 e. The van der Waals surface area contributed by atoms with Gasteiger partial charge >= 0.3 is 0 Å². The van der Waals surface area contributed by atoms with E-state index >= 15 is 0 Å². The number of ether oxygens (including phenoxy) is 1. The number of aryl methyl sites for hydroxylation is 2. The van der Waals surface area contributed by atoms with Crippen LogP contribution in [0.3, 0.4) is 0 Å². The Bertz CT molecular complexity index is 1330. The van der Waals surface area contributed by atoms with E-state index in [2.05, 4.69) is 65.4 Å². The number of nitrogens with zero attached hydrogens (tertiary/aromatic N) is 3. The van der Waals surface area contributed by atoms with Crippen molar-refractivity contribution in [3.8, 4) is 0 Å². The minimum atomic E-state index is -1.37. The Morgan fingerprint density at radius 3 is 2.66 bits per heavy atom. The number of carbonyl (C=O) groups is 2. The number of carbonyl (C=O) groups excluding carboxylic acids is 2. The Kier molecular flexibility index (Phi) is 9.82. The Labute approximate surface area is 246 Å². The molecule has 218 valence electrons. The van der Waals surface area contributed by atoms with Crippen LogP contribution in [-0.4, -0.2) is 70.7 Å². The quantitative estimate of drug-likeness (QED) is 0.380. The molecule has 2 atom stereocenters. The number of aromatic nitrogens is 1. The normalized spacial score (nSPS) is 18.4. The van der Waals surface area contributed by atoms with Crippen LogP contribution in [0.25, 0.3) is 0 Å². The molecule has 3 aromatic rings. The molecule has 2 fully saturated rings. The van der Waals surface area contributed by atoms with Crippen molar-refractivity contribution in [1.29, 1.82) is 0 Å². The van der Waals surface area contributed by atoms with Gasteiger partial charge in [0.15, 0.2) is 0 Å². The Morgan fingerprint density at radius 1 is 1.12 bits per heavy atom. The van der Waals surface area contributed by atoms with Crippen LogP contribution >= 0.6 is 11.3 Å². The summed E-state index contributed by atoms with van der Waals surface area (Å²) in [5, 5.41) is 16.4. The van der Waals surface area contributed by atoms with Crippen LogP contribution < -0.4 is 5.32 Å². The average molecular weight is 577 g/mol. The minimum absolute atomic E-state index is 0.0875. The molecule has 2 aromatic carbocycles. The van der Waals surface area contributed by atoms with Crippen molar-refractivity contribution in [3.05, 3.63) is 86.4 Å². The second kappa shape index (κ2) is 13.7. The van der Waals surface area contributed by atoms with Crippen molar-refractivity contribution in [1.82, 2.24) is 20.1 Å². The lowest BCUT2D eigenvalue weighted by molar-refractivity contribution is -0.144. The van der Waals surface area contributed by atoms with Crippen LogP contribution in [0.5, 0.6) is 0 Å². The van der Waals surface area contributed by atoms with Gasteiger partial charge in [-0.3, -0.25) is 14.5 Å². The molecule has 5 rings (SSSR count). The summed E-state index contributed by atoms with van der Waals surface area (Å²) in [5.74, 6) is -0.744. The maximum Gasteiger partial charge on any atom is 0.252 e. The molecule has 0 aliphatic carbocycles. The molecule has 1 aromatic heterocycles. The summed E-state index contributed by atoms with van der Waals surface area (Å²) in [6.45, 7) is 9.29. The highest BCUT2D eigenvalue weighted by Crippen LogP contribution is 2.33. The number of hydrogen-bond acceptors (Lipinski definition) is 7. The van der Waals surface area contributed by atoms with E-state index in [0.717, 1.165) is 68.4 Å². The second-order valence-corrected chi connectivity index (χ2v) is 12.0. The van der Waals surface area contributed by atoms with Crippen molar-refractivity contribution < 1.29 is 19.4 Å². The van der Waals surface area contributed by atoms with Gasteiger partial charge in [0.25, 0.3) is 5.91 Å². The van der Waals surface area contributed by atoms with E-state index in [0.29, 0.717) is 6.54 Å². The van der Waals surface area contributed by atoms with E-state index in [-0.39, 0.29) is 30.8 Å². The Hall–Kier alpha value is -3.11. The number of hydrogen-bond donors (Lipinski definition) is 2. The van der Waals surface area contributed by atoms with Gasteiger partial charge in [0.05, 0.1) is 37.9 Å². The van der Waals surface area contributed by atoms with Crippen LogP contribution in [0, 0.1) is 13.8 Å². The van der Waals surface area contributed by atoms with Crippen molar-refractivity contribution >= 4 is 23.2 Å². The van der Waals surface area contributed by atoms with E-state index in [1.54, 1.807) is 4.90 Å². The summed E-state index contributed by atoms with van der Waals surface area (Å²) >= 11 is 1.51. The highest BCUT2D eigenvalue weighted by molar-refractivity contribution is 7.09. The third kappa shape index (κ3) is 7.60. The van der Waals surface area contributed by atoms with Crippen molar-refractivity contribution in [2.75, 3.05) is 32.8 Å². The fourth-order valence-corrected chi connectivity index (χ4v) is 6.55. The first kappa shape index (κ1) is 29.4. The highest BCUT2D eigenvalue weighted by atomic mass is 32.1. The number of nitrogens with one attached hydrogen (secondary N) is 1. The number of aliphatic hydroxyl groups is 1. The van der Waals surface area contributed by atoms with E-state index < -0.39 is 6.10 Å². The molecule has 3 heterocycles. The molecule has 9 heteroatoms. The molecule has 41 heavy (non-hydrogen) atoms. The molecule has 8 nitrogen and oxygen atoms in total. The van der Waals surface area contributed by atoms with Crippen LogP contribution in [-0.2, 0) is 33.8 Å². The number of morpholine rings is 1. The molecule has 0 bridgehead atoms. The summed E-state index contributed by atoms with van der Waals surface area (Å²) in [6, 6.07) is 14.6. The van der Waals surface area contributed by atoms with Crippen LogP contribution in [0.1, 0.15) is 63.8 Å². The lowest BCUT2D eigenvalue weighted by atomic mass is 9.99. The standard InChI is InChI=1S/C32H40N4O4S/c1-22-6-3-7-23(2)27(22)17-26-21-41-31(34-26)19-33-30(38)18-29(37)32(39)36-11-5-10-28(36)25-9-4-8-24(16-25)20-35-12-14-40-15-13-35/h3-4,6-9,16,21,28-29,37H,5,10-15,17-20H2,1-2H3,(H,33,38)/t28?,29-/m1/s1. The molecular weight excluding hydrogens is 536 g/mol. The zero-order valence-electron chi connectivity index (χ0n) is 24.0. The fraction of sp³-hybridized carbons (Fsp3) is 0.469. The van der Waals surface area contributed by atoms with Gasteiger partial charge in [0, 0.05) is 38.0 Å². The van der Waals surface area contributed by atoms with Gasteiger partial charge in [-0.1, -0.05) is 42.5 Å². The monoisotopic (exact) mass is 576 g/mol. The molecule has 1 unspecified atom stereocenters. The van der Waals surface area contributed by atoms with Crippen molar-refractivity contribution in [2.45, 2.75) is 64.8 Å². The van der Waals surface area contributed by atoms with Gasteiger partial charge in [-0.2, -0.15) is 0 Å². The Morgan fingerprint density at radius 2 is 1.88 bits per heavy atom. The highest BCUT2D eigenvalue weighted by Gasteiger charge is 2.34. The third-order valence-electron chi connectivity index (χ3n) is 8.08. The zero-order valence-corrected chi connectivity index (χ0v) is 24.8. The lowest BCUT2D eigenvalue weighted by Gasteiger charge is -2.29. The fourth-order valence-electron chi connectivity index (χ4n) is 5.81. The number of rotatable bonds is 10. The number of amides is 2. The predicted octanol–water partition coefficient (Wildman–Crippen LogP) is 3.91. The molecule has 0 saturated carbocycles. The topological polar surface area (TPSA) is 95.0 Å². The summed E-state index contributed by atoms with van der Waals surface area (Å²) in [7, 11) is 0. The molecule has 2 N–H and O–H groups in total. The largest absolute Gasteiger partial charge is 0.383 e. The lowest BCUT2D eigenvalue weighted by Crippen LogP contribution is -2.41. The molecule has 2 saturated heterocycles. The van der Waals surface area contributed by atoms with E-state index in [1.807, 2.05) is 11.4 Å². The van der Waals surface area contributed by atoms with Gasteiger partial charge in [-0.15, -0.1) is 11.3 Å². The first-order valence-corrected chi connectivity index (χ1v) is 15.4. The van der Waals surface area contributed by atoms with Crippen molar-refractivity contribution in [3.63, 3.8) is 0 Å². The first-order chi connectivity index (χ1) is 19.9. The summed E-state index contributed by atoms with van der Waals surface area (Å²) < 4.78 is 5.46. The summed E-state index contributed by atoms with van der Waals surface area (Å²) in [6.07, 6.45) is 0.837. The first-order valence-electron chi connectivity index (χ1n) is 14.5. The van der Waals surface area contributed by atoms with E-state index in [9.17, 15) is 14.7 Å². The summed E-state index contributed by atoms with van der Waals surface area (Å²) in [4.78, 5) is 34.7. The van der Waals surface area contributed by atoms with Gasteiger partial charge in [0.1, 0.15) is 11.1 Å². The zero-order chi connectivity index (χ0) is 28.8. The molecule has 2 aliphatic heterocycles. The SMILES string of the molecule is Cc1cccc(C)c1Cc1csc(CNC(=O)C[C@@H](O)C(=O)N2CCCC2c2cccc(CN3CCOCC3)c2)n1. The maximum atomic E-state index is 13.2. The van der Waals surface area contributed by atoms with E-state index in [1.165, 1.54) is 33.6 Å². The molecule has 0 radical (unpaired) electrons. The third-order valence-corrected chi connectivity index (χ3v) is 8.98. The Balaban J connectivity index is 1.12. The molecular formula is C32H40N4O4S. The van der Waals surface area contributed by atoms with Gasteiger partial charge < -0.3 is 20.1 Å². The minimum Gasteiger partial charge on any atom is -0.383 e. The molecule has 2 aliphatic rings. The van der Waals surface area contributed by atoms with E-state index in [4.69, 9.17) is 4.74 Å². The van der Waals surface area contributed by atoms with Crippen molar-refractivity contribution in [2.24, 2.45) is 0 Å². The van der Waals surface area contributed by atoms with Crippen LogP contribution in [0.2, 0.25) is 0 Å². The number of likely N-dealkylation sites (tertiary alicyclic amines) is 1. The second-order valence-electron chi connectivity index (χ2n) is 11.1. The average Bonchev–Trinajstić information content (AvgIpc) is 3.64. The van der Waals surface area contributed by atoms with Crippen LogP contribution in [0.15, 0.2) is 47.8 Å². The predicted molar refractivity (Wildman–Crippen MR) is 160 cm³/mol. The maximum absolute atomic E-state index is 13.2. The summed E-state index contributed by atoms with van der Waals surface area (Å²) in [5.41, 5.74) is 7.03. The van der Waals surface area contributed by atoms with Gasteiger partial charge in [0.2, 0.25) is 5.91 Å². The number of benzene rings is 2. The van der Waals surface area contributed by atoms with Crippen LogP contribution in [0.4, 0.5) is 0 Å². The van der Waals surface area contributed by atoms with Gasteiger partial charge in [-0.05, 0) is 54.5 Å².